The second-order valence-electron chi connectivity index (χ2n) is 5.00. The van der Waals surface area contributed by atoms with Crippen molar-refractivity contribution in [3.63, 3.8) is 0 Å². The van der Waals surface area contributed by atoms with Crippen molar-refractivity contribution < 1.29 is 4.79 Å². The topological polar surface area (TPSA) is 41.5 Å². The van der Waals surface area contributed by atoms with E-state index < -0.39 is 0 Å². The molecule has 3 rings (SSSR count). The van der Waals surface area contributed by atoms with Gasteiger partial charge in [0.2, 0.25) is 0 Å². The predicted octanol–water partition coefficient (Wildman–Crippen LogP) is 4.03. The third-order valence-corrected chi connectivity index (χ3v) is 4.24. The average molecular weight is 320 g/mol. The van der Waals surface area contributed by atoms with Gasteiger partial charge in [0.1, 0.15) is 0 Å². The maximum atomic E-state index is 12.7. The smallest absolute Gasteiger partial charge is 0.252 e. The third kappa shape index (κ3) is 3.93. The van der Waals surface area contributed by atoms with Crippen molar-refractivity contribution in [1.29, 1.82) is 0 Å². The lowest BCUT2D eigenvalue weighted by Gasteiger charge is -2.16. The van der Waals surface area contributed by atoms with E-state index in [1.807, 2.05) is 78.2 Å². The summed E-state index contributed by atoms with van der Waals surface area (Å²) in [5, 5.41) is 6.04. The van der Waals surface area contributed by atoms with E-state index in [2.05, 4.69) is 10.5 Å². The van der Waals surface area contributed by atoms with Crippen molar-refractivity contribution in [1.82, 2.24) is 5.43 Å². The highest BCUT2D eigenvalue weighted by Gasteiger charge is 2.22. The molecule has 2 aromatic carbocycles. The van der Waals surface area contributed by atoms with Gasteiger partial charge in [-0.2, -0.15) is 5.10 Å². The molecule has 1 aromatic heterocycles. The highest BCUT2D eigenvalue weighted by molar-refractivity contribution is 7.11. The normalized spacial score (nSPS) is 11.0. The monoisotopic (exact) mass is 320 g/mol. The Bertz CT molecular complexity index is 728. The first-order chi connectivity index (χ1) is 11.3. The Kier molecular flexibility index (Phi) is 4.96. The van der Waals surface area contributed by atoms with Gasteiger partial charge in [-0.05, 0) is 22.6 Å². The maximum absolute atomic E-state index is 12.7. The number of hydrogen-bond acceptors (Lipinski definition) is 3. The van der Waals surface area contributed by atoms with Gasteiger partial charge in [-0.15, -0.1) is 11.3 Å². The Balaban J connectivity index is 1.82. The molecule has 1 heterocycles. The number of amides is 1. The number of thiophene rings is 1. The molecule has 114 valence electrons. The lowest BCUT2D eigenvalue weighted by molar-refractivity contribution is -0.121. The van der Waals surface area contributed by atoms with Gasteiger partial charge >= 0.3 is 0 Å². The molecular formula is C19H16N2OS. The molecule has 0 atom stereocenters. The first-order valence-corrected chi connectivity index (χ1v) is 8.19. The summed E-state index contributed by atoms with van der Waals surface area (Å²) in [5.41, 5.74) is 4.55. The van der Waals surface area contributed by atoms with Crippen molar-refractivity contribution in [3.8, 4) is 0 Å². The fraction of sp³-hybridized carbons (Fsp3) is 0.0526. The van der Waals surface area contributed by atoms with Gasteiger partial charge < -0.3 is 0 Å². The fourth-order valence-corrected chi connectivity index (χ4v) is 2.96. The Morgan fingerprint density at radius 2 is 1.52 bits per heavy atom. The summed E-state index contributed by atoms with van der Waals surface area (Å²) < 4.78 is 0. The van der Waals surface area contributed by atoms with Crippen molar-refractivity contribution in [2.24, 2.45) is 5.10 Å². The largest absolute Gasteiger partial charge is 0.272 e. The Hall–Kier alpha value is -2.72. The van der Waals surface area contributed by atoms with Gasteiger partial charge in [0, 0.05) is 4.88 Å². The number of carbonyl (C=O) groups excluding carboxylic acids is 1. The van der Waals surface area contributed by atoms with Crippen molar-refractivity contribution in [3.05, 3.63) is 94.2 Å². The highest BCUT2D eigenvalue weighted by Crippen LogP contribution is 2.24. The number of hydrazone groups is 1. The minimum absolute atomic E-state index is 0.143. The SMILES string of the molecule is O=C(NN=Cc1cccs1)C(c1ccccc1)c1ccccc1. The van der Waals surface area contributed by atoms with E-state index in [9.17, 15) is 4.79 Å². The summed E-state index contributed by atoms with van der Waals surface area (Å²) in [6, 6.07) is 23.4. The van der Waals surface area contributed by atoms with E-state index >= 15 is 0 Å². The number of nitrogens with zero attached hydrogens (tertiary/aromatic N) is 1. The average Bonchev–Trinajstić information content (AvgIpc) is 3.10. The van der Waals surface area contributed by atoms with Crippen LogP contribution >= 0.6 is 11.3 Å². The van der Waals surface area contributed by atoms with Crippen LogP contribution in [0.2, 0.25) is 0 Å². The van der Waals surface area contributed by atoms with Crippen LogP contribution in [0.1, 0.15) is 21.9 Å². The zero-order valence-electron chi connectivity index (χ0n) is 12.4. The summed E-state index contributed by atoms with van der Waals surface area (Å²) in [6.45, 7) is 0. The van der Waals surface area contributed by atoms with Crippen LogP contribution in [0.25, 0.3) is 0 Å². The van der Waals surface area contributed by atoms with Crippen LogP contribution in [0.5, 0.6) is 0 Å². The number of carbonyl (C=O) groups is 1. The summed E-state index contributed by atoms with van der Waals surface area (Å²) in [6.07, 6.45) is 1.66. The number of hydrogen-bond donors (Lipinski definition) is 1. The number of rotatable bonds is 5. The van der Waals surface area contributed by atoms with Crippen LogP contribution in [0.3, 0.4) is 0 Å². The molecule has 1 amide bonds. The van der Waals surface area contributed by atoms with Gasteiger partial charge in [-0.1, -0.05) is 66.7 Å². The molecule has 0 bridgehead atoms. The first kappa shape index (κ1) is 15.2. The van der Waals surface area contributed by atoms with Crippen LogP contribution in [0, 0.1) is 0 Å². The molecule has 0 saturated heterocycles. The van der Waals surface area contributed by atoms with Crippen molar-refractivity contribution >= 4 is 23.5 Å². The van der Waals surface area contributed by atoms with Gasteiger partial charge in [0.15, 0.2) is 0 Å². The third-order valence-electron chi connectivity index (χ3n) is 3.44. The lowest BCUT2D eigenvalue weighted by atomic mass is 9.91. The standard InChI is InChI=1S/C19H16N2OS/c22-19(21-20-14-17-12-7-13-23-17)18(15-8-3-1-4-9-15)16-10-5-2-6-11-16/h1-14,18H,(H,21,22). The van der Waals surface area contributed by atoms with Crippen molar-refractivity contribution in [2.75, 3.05) is 0 Å². The summed E-state index contributed by atoms with van der Waals surface area (Å²) in [4.78, 5) is 13.7. The molecule has 23 heavy (non-hydrogen) atoms. The molecule has 0 fully saturated rings. The molecule has 0 aliphatic rings. The zero-order chi connectivity index (χ0) is 15.9. The Morgan fingerprint density at radius 3 is 2.04 bits per heavy atom. The van der Waals surface area contributed by atoms with Gasteiger partial charge in [-0.3, -0.25) is 4.79 Å². The summed E-state index contributed by atoms with van der Waals surface area (Å²) in [5.74, 6) is -0.520. The second kappa shape index (κ2) is 7.51. The molecule has 0 aliphatic heterocycles. The summed E-state index contributed by atoms with van der Waals surface area (Å²) >= 11 is 1.58. The molecule has 0 spiro atoms. The highest BCUT2D eigenvalue weighted by atomic mass is 32.1. The quantitative estimate of drug-likeness (QED) is 0.559. The van der Waals surface area contributed by atoms with E-state index in [-0.39, 0.29) is 11.8 Å². The minimum atomic E-state index is -0.377. The maximum Gasteiger partial charge on any atom is 0.252 e. The minimum Gasteiger partial charge on any atom is -0.272 e. The molecule has 4 heteroatoms. The Labute approximate surface area is 139 Å². The van der Waals surface area contributed by atoms with Gasteiger partial charge in [0.25, 0.3) is 5.91 Å². The van der Waals surface area contributed by atoms with E-state index in [4.69, 9.17) is 0 Å². The number of nitrogens with one attached hydrogen (secondary N) is 1. The van der Waals surface area contributed by atoms with Crippen LogP contribution < -0.4 is 5.43 Å². The lowest BCUT2D eigenvalue weighted by Crippen LogP contribution is -2.26. The van der Waals surface area contributed by atoms with E-state index in [0.717, 1.165) is 16.0 Å². The van der Waals surface area contributed by atoms with Gasteiger partial charge in [0.05, 0.1) is 12.1 Å². The van der Waals surface area contributed by atoms with E-state index in [1.165, 1.54) is 0 Å². The molecule has 3 nitrogen and oxygen atoms in total. The number of benzene rings is 2. The summed E-state index contributed by atoms with van der Waals surface area (Å²) in [7, 11) is 0. The molecular weight excluding hydrogens is 304 g/mol. The predicted molar refractivity (Wildman–Crippen MR) is 94.8 cm³/mol. The Morgan fingerprint density at radius 1 is 0.913 bits per heavy atom. The second-order valence-corrected chi connectivity index (χ2v) is 5.98. The van der Waals surface area contributed by atoms with Crippen LogP contribution in [0.4, 0.5) is 0 Å². The van der Waals surface area contributed by atoms with E-state index in [1.54, 1.807) is 17.6 Å². The fourth-order valence-electron chi connectivity index (χ4n) is 2.37. The van der Waals surface area contributed by atoms with E-state index in [0.29, 0.717) is 0 Å². The van der Waals surface area contributed by atoms with Crippen LogP contribution in [-0.4, -0.2) is 12.1 Å². The molecule has 1 N–H and O–H groups in total. The zero-order valence-corrected chi connectivity index (χ0v) is 13.2. The van der Waals surface area contributed by atoms with Crippen LogP contribution in [0.15, 0.2) is 83.3 Å². The molecule has 0 saturated carbocycles. The molecule has 0 radical (unpaired) electrons. The molecule has 3 aromatic rings. The molecule has 0 unspecified atom stereocenters. The van der Waals surface area contributed by atoms with Crippen LogP contribution in [-0.2, 0) is 4.79 Å². The van der Waals surface area contributed by atoms with Gasteiger partial charge in [-0.25, -0.2) is 5.43 Å². The van der Waals surface area contributed by atoms with Crippen molar-refractivity contribution in [2.45, 2.75) is 5.92 Å². The molecule has 0 aliphatic carbocycles. The first-order valence-electron chi connectivity index (χ1n) is 7.31.